The van der Waals surface area contributed by atoms with E-state index < -0.39 is 0 Å². The third-order valence-electron chi connectivity index (χ3n) is 2.76. The van der Waals surface area contributed by atoms with E-state index >= 15 is 0 Å². The van der Waals surface area contributed by atoms with Gasteiger partial charge >= 0.3 is 0 Å². The molecule has 0 aliphatic rings. The summed E-state index contributed by atoms with van der Waals surface area (Å²) in [7, 11) is 0. The first-order valence-corrected chi connectivity index (χ1v) is 7.37. The highest BCUT2D eigenvalue weighted by atomic mass is 16.5. The summed E-state index contributed by atoms with van der Waals surface area (Å²) in [4.78, 5) is 0. The zero-order chi connectivity index (χ0) is 13.1. The highest BCUT2D eigenvalue weighted by Gasteiger charge is 2.11. The molecule has 2 heteroatoms. The lowest BCUT2D eigenvalue weighted by molar-refractivity contribution is 0.131. The van der Waals surface area contributed by atoms with E-state index in [0.717, 1.165) is 44.4 Å². The summed E-state index contributed by atoms with van der Waals surface area (Å²) in [5.74, 6) is 1.56. The zero-order valence-electron chi connectivity index (χ0n) is 12.6. The van der Waals surface area contributed by atoms with Crippen LogP contribution in [0.5, 0.6) is 0 Å². The molecule has 17 heavy (non-hydrogen) atoms. The van der Waals surface area contributed by atoms with Gasteiger partial charge in [0.15, 0.2) is 0 Å². The molecule has 2 nitrogen and oxygen atoms in total. The molecule has 0 fully saturated rings. The maximum Gasteiger partial charge on any atom is 0.0478 e. The maximum absolute atomic E-state index is 5.49. The van der Waals surface area contributed by atoms with Gasteiger partial charge in [0.2, 0.25) is 0 Å². The van der Waals surface area contributed by atoms with E-state index in [1.807, 2.05) is 0 Å². The fourth-order valence-electron chi connectivity index (χ4n) is 2.13. The minimum absolute atomic E-state index is 0.682. The van der Waals surface area contributed by atoms with Crippen molar-refractivity contribution in [2.75, 3.05) is 19.8 Å². The molecule has 0 spiro atoms. The Morgan fingerprint density at radius 2 is 1.53 bits per heavy atom. The van der Waals surface area contributed by atoms with Crippen LogP contribution in [-0.4, -0.2) is 25.8 Å². The van der Waals surface area contributed by atoms with E-state index in [2.05, 4.69) is 39.9 Å². The van der Waals surface area contributed by atoms with Crippen LogP contribution in [0.4, 0.5) is 0 Å². The first-order valence-electron chi connectivity index (χ1n) is 7.37. The van der Waals surface area contributed by atoms with Gasteiger partial charge < -0.3 is 10.1 Å². The van der Waals surface area contributed by atoms with Crippen molar-refractivity contribution in [1.82, 2.24) is 5.32 Å². The number of nitrogens with one attached hydrogen (secondary N) is 1. The molecule has 0 rings (SSSR count). The average Bonchev–Trinajstić information content (AvgIpc) is 2.21. The molecule has 0 bridgehead atoms. The molecule has 0 radical (unpaired) electrons. The normalized spacial score (nSPS) is 12.0. The lowest BCUT2D eigenvalue weighted by atomic mass is 9.95. The molecule has 0 amide bonds. The Morgan fingerprint density at radius 1 is 0.941 bits per heavy atom. The van der Waals surface area contributed by atoms with Crippen LogP contribution in [0.3, 0.4) is 0 Å². The van der Waals surface area contributed by atoms with Gasteiger partial charge in [-0.15, -0.1) is 0 Å². The molecular formula is C15H33NO. The predicted octanol–water partition coefficient (Wildman–Crippen LogP) is 3.85. The van der Waals surface area contributed by atoms with Crippen molar-refractivity contribution in [1.29, 1.82) is 0 Å². The van der Waals surface area contributed by atoms with Crippen LogP contribution in [0.25, 0.3) is 0 Å². The molecule has 0 aliphatic carbocycles. The third kappa shape index (κ3) is 12.2. The van der Waals surface area contributed by atoms with E-state index in [0.29, 0.717) is 6.04 Å². The fourth-order valence-corrected chi connectivity index (χ4v) is 2.13. The van der Waals surface area contributed by atoms with Crippen LogP contribution in [0.15, 0.2) is 0 Å². The van der Waals surface area contributed by atoms with Crippen molar-refractivity contribution in [2.45, 2.75) is 66.3 Å². The molecule has 0 aliphatic heterocycles. The largest absolute Gasteiger partial charge is 0.381 e. The smallest absolute Gasteiger partial charge is 0.0478 e. The van der Waals surface area contributed by atoms with Gasteiger partial charge in [-0.3, -0.25) is 0 Å². The first kappa shape index (κ1) is 16.9. The third-order valence-corrected chi connectivity index (χ3v) is 2.76. The molecule has 104 valence electrons. The molecule has 0 aromatic rings. The van der Waals surface area contributed by atoms with Gasteiger partial charge in [0.1, 0.15) is 0 Å². The summed E-state index contributed by atoms with van der Waals surface area (Å²) in [5.41, 5.74) is 0. The van der Waals surface area contributed by atoms with Crippen LogP contribution in [0, 0.1) is 11.8 Å². The fraction of sp³-hybridized carbons (Fsp3) is 1.00. The summed E-state index contributed by atoms with van der Waals surface area (Å²) in [6.07, 6.45) is 4.82. The van der Waals surface area contributed by atoms with Gasteiger partial charge in [0.25, 0.3) is 0 Å². The Morgan fingerprint density at radius 3 is 2.00 bits per heavy atom. The Labute approximate surface area is 109 Å². The van der Waals surface area contributed by atoms with Gasteiger partial charge in [-0.05, 0) is 44.1 Å². The second kappa shape index (κ2) is 11.0. The summed E-state index contributed by atoms with van der Waals surface area (Å²) in [5, 5.41) is 3.68. The predicted molar refractivity (Wildman–Crippen MR) is 76.4 cm³/mol. The summed E-state index contributed by atoms with van der Waals surface area (Å²) < 4.78 is 5.49. The highest BCUT2D eigenvalue weighted by molar-refractivity contribution is 4.70. The molecule has 0 saturated heterocycles. The van der Waals surface area contributed by atoms with Crippen LogP contribution in [0.2, 0.25) is 0 Å². The minimum Gasteiger partial charge on any atom is -0.381 e. The zero-order valence-corrected chi connectivity index (χ0v) is 12.6. The topological polar surface area (TPSA) is 21.3 Å². The summed E-state index contributed by atoms with van der Waals surface area (Å²) in [6, 6.07) is 0.682. The van der Waals surface area contributed by atoms with Gasteiger partial charge in [0.05, 0.1) is 0 Å². The Bertz CT molecular complexity index is 147. The van der Waals surface area contributed by atoms with Crippen LogP contribution >= 0.6 is 0 Å². The molecule has 0 aromatic carbocycles. The van der Waals surface area contributed by atoms with Gasteiger partial charge in [0, 0.05) is 19.3 Å². The first-order chi connectivity index (χ1) is 8.06. The van der Waals surface area contributed by atoms with Crippen molar-refractivity contribution < 1.29 is 4.74 Å². The van der Waals surface area contributed by atoms with Crippen molar-refractivity contribution in [3.05, 3.63) is 0 Å². The number of ether oxygens (including phenoxy) is 1. The van der Waals surface area contributed by atoms with Gasteiger partial charge in [-0.1, -0.05) is 34.6 Å². The molecule has 0 heterocycles. The Balaban J connectivity index is 3.60. The van der Waals surface area contributed by atoms with Crippen LogP contribution in [-0.2, 0) is 4.74 Å². The second-order valence-electron chi connectivity index (χ2n) is 5.88. The van der Waals surface area contributed by atoms with Crippen molar-refractivity contribution >= 4 is 0 Å². The molecule has 0 atom stereocenters. The minimum atomic E-state index is 0.682. The monoisotopic (exact) mass is 243 g/mol. The average molecular weight is 243 g/mol. The van der Waals surface area contributed by atoms with E-state index in [9.17, 15) is 0 Å². The maximum atomic E-state index is 5.49. The molecule has 0 aromatic heterocycles. The Kier molecular flexibility index (Phi) is 11.0. The van der Waals surface area contributed by atoms with E-state index in [-0.39, 0.29) is 0 Å². The molecular weight excluding hydrogens is 210 g/mol. The van der Waals surface area contributed by atoms with E-state index in [1.165, 1.54) is 12.8 Å². The number of hydrogen-bond donors (Lipinski definition) is 1. The van der Waals surface area contributed by atoms with Crippen molar-refractivity contribution in [3.63, 3.8) is 0 Å². The van der Waals surface area contributed by atoms with Crippen molar-refractivity contribution in [2.24, 2.45) is 11.8 Å². The second-order valence-corrected chi connectivity index (χ2v) is 5.88. The highest BCUT2D eigenvalue weighted by Crippen LogP contribution is 2.13. The lowest BCUT2D eigenvalue weighted by Gasteiger charge is -2.22. The van der Waals surface area contributed by atoms with Crippen molar-refractivity contribution in [3.8, 4) is 0 Å². The number of hydrogen-bond acceptors (Lipinski definition) is 2. The van der Waals surface area contributed by atoms with Crippen LogP contribution in [0.1, 0.15) is 60.3 Å². The molecule has 0 unspecified atom stereocenters. The SMILES string of the molecule is CCCOCCCNC(CC(C)C)CC(C)C. The van der Waals surface area contributed by atoms with E-state index in [4.69, 9.17) is 4.74 Å². The standard InChI is InChI=1S/C15H33NO/c1-6-9-17-10-7-8-16-15(11-13(2)3)12-14(4)5/h13-16H,6-12H2,1-5H3. The van der Waals surface area contributed by atoms with Gasteiger partial charge in [-0.2, -0.15) is 0 Å². The molecule has 1 N–H and O–H groups in total. The number of rotatable bonds is 11. The molecule has 0 saturated carbocycles. The summed E-state index contributed by atoms with van der Waals surface area (Å²) >= 11 is 0. The summed E-state index contributed by atoms with van der Waals surface area (Å²) in [6.45, 7) is 14.3. The lowest BCUT2D eigenvalue weighted by Crippen LogP contribution is -2.33. The Hall–Kier alpha value is -0.0800. The van der Waals surface area contributed by atoms with Crippen LogP contribution < -0.4 is 5.32 Å². The van der Waals surface area contributed by atoms with E-state index in [1.54, 1.807) is 0 Å². The quantitative estimate of drug-likeness (QED) is 0.556. The van der Waals surface area contributed by atoms with Gasteiger partial charge in [-0.25, -0.2) is 0 Å².